The zero-order valence-corrected chi connectivity index (χ0v) is 18.4. The number of anilines is 1. The number of nitrogens with zero attached hydrogens (tertiary/aromatic N) is 2. The molecule has 1 aliphatic heterocycles. The Labute approximate surface area is 189 Å². The molecule has 0 bridgehead atoms. The van der Waals surface area contributed by atoms with E-state index in [9.17, 15) is 14.4 Å². The molecule has 1 fully saturated rings. The maximum Gasteiger partial charge on any atom is 0.335 e. The van der Waals surface area contributed by atoms with Gasteiger partial charge >= 0.3 is 6.03 Å². The predicted octanol–water partition coefficient (Wildman–Crippen LogP) is 4.42. The number of urea groups is 1. The number of amides is 4. The highest BCUT2D eigenvalue weighted by Gasteiger charge is 2.37. The van der Waals surface area contributed by atoms with Crippen molar-refractivity contribution in [2.24, 2.45) is 0 Å². The number of methoxy groups -OCH3 is 1. The number of aryl methyl sites for hydroxylation is 1. The van der Waals surface area contributed by atoms with Crippen LogP contribution in [0.2, 0.25) is 5.02 Å². The largest absolute Gasteiger partial charge is 0.497 e. The van der Waals surface area contributed by atoms with E-state index < -0.39 is 17.8 Å². The summed E-state index contributed by atoms with van der Waals surface area (Å²) in [6.45, 7) is 3.82. The molecule has 0 aliphatic carbocycles. The van der Waals surface area contributed by atoms with Crippen LogP contribution in [0.15, 0.2) is 60.2 Å². The molecule has 32 heavy (non-hydrogen) atoms. The molecular weight excluding hydrogens is 430 g/mol. The molecule has 4 rings (SSSR count). The third-order valence-electron chi connectivity index (χ3n) is 5.27. The average Bonchev–Trinajstić information content (AvgIpc) is 3.04. The van der Waals surface area contributed by atoms with Crippen molar-refractivity contribution in [3.05, 3.63) is 82.1 Å². The summed E-state index contributed by atoms with van der Waals surface area (Å²) in [4.78, 5) is 39.1. The van der Waals surface area contributed by atoms with Crippen molar-refractivity contribution >= 4 is 41.2 Å². The lowest BCUT2D eigenvalue weighted by Crippen LogP contribution is -2.54. The van der Waals surface area contributed by atoms with Crippen LogP contribution in [0.1, 0.15) is 17.0 Å². The average molecular weight is 450 g/mol. The van der Waals surface area contributed by atoms with Crippen LogP contribution in [0.25, 0.3) is 11.8 Å². The molecule has 1 aliphatic rings. The van der Waals surface area contributed by atoms with E-state index in [1.807, 2.05) is 36.6 Å². The smallest absolute Gasteiger partial charge is 0.335 e. The maximum atomic E-state index is 13.2. The monoisotopic (exact) mass is 449 g/mol. The normalized spacial score (nSPS) is 15.3. The first-order valence-corrected chi connectivity index (χ1v) is 10.2. The van der Waals surface area contributed by atoms with Crippen molar-refractivity contribution in [2.45, 2.75) is 13.8 Å². The van der Waals surface area contributed by atoms with Gasteiger partial charge in [-0.2, -0.15) is 0 Å². The van der Waals surface area contributed by atoms with Gasteiger partial charge in [-0.3, -0.25) is 14.9 Å². The molecule has 0 unspecified atom stereocenters. The van der Waals surface area contributed by atoms with Gasteiger partial charge in [-0.25, -0.2) is 9.69 Å². The summed E-state index contributed by atoms with van der Waals surface area (Å²) in [6.07, 6.45) is 1.51. The molecular formula is C24H20ClN3O4. The molecule has 0 spiro atoms. The van der Waals surface area contributed by atoms with Gasteiger partial charge in [0.2, 0.25) is 0 Å². The van der Waals surface area contributed by atoms with Crippen molar-refractivity contribution in [1.82, 2.24) is 9.88 Å². The van der Waals surface area contributed by atoms with Crippen molar-refractivity contribution in [3.8, 4) is 11.4 Å². The van der Waals surface area contributed by atoms with Gasteiger partial charge in [-0.05, 0) is 68.0 Å². The zero-order chi connectivity index (χ0) is 23.0. The minimum atomic E-state index is -0.808. The van der Waals surface area contributed by atoms with Gasteiger partial charge in [0.15, 0.2) is 0 Å². The van der Waals surface area contributed by atoms with Gasteiger partial charge in [-0.1, -0.05) is 17.7 Å². The highest BCUT2D eigenvalue weighted by Crippen LogP contribution is 2.28. The Morgan fingerprint density at radius 2 is 1.69 bits per heavy atom. The van der Waals surface area contributed by atoms with E-state index in [1.165, 1.54) is 13.2 Å². The highest BCUT2D eigenvalue weighted by atomic mass is 35.5. The van der Waals surface area contributed by atoms with Crippen molar-refractivity contribution in [1.29, 1.82) is 0 Å². The number of imide groups is 2. The number of nitrogens with one attached hydrogen (secondary N) is 1. The molecule has 4 amide bonds. The van der Waals surface area contributed by atoms with Gasteiger partial charge in [0.05, 0.1) is 12.8 Å². The van der Waals surface area contributed by atoms with Gasteiger partial charge in [0.1, 0.15) is 11.3 Å². The number of hydrogen-bond donors (Lipinski definition) is 1. The Bertz CT molecular complexity index is 1270. The molecule has 0 saturated carbocycles. The molecule has 2 heterocycles. The lowest BCUT2D eigenvalue weighted by atomic mass is 10.1. The number of halogens is 1. The van der Waals surface area contributed by atoms with Crippen LogP contribution in [0, 0.1) is 13.8 Å². The van der Waals surface area contributed by atoms with Gasteiger partial charge < -0.3 is 9.30 Å². The predicted molar refractivity (Wildman–Crippen MR) is 122 cm³/mol. The molecule has 1 aromatic heterocycles. The lowest BCUT2D eigenvalue weighted by Gasteiger charge is -2.26. The Kier molecular flexibility index (Phi) is 5.59. The second kappa shape index (κ2) is 8.36. The van der Waals surface area contributed by atoms with Crippen LogP contribution < -0.4 is 15.0 Å². The molecule has 0 radical (unpaired) electrons. The Morgan fingerprint density at radius 1 is 0.969 bits per heavy atom. The minimum Gasteiger partial charge on any atom is -0.497 e. The number of hydrogen-bond acceptors (Lipinski definition) is 4. The number of carbonyl (C=O) groups excluding carboxylic acids is 3. The zero-order valence-electron chi connectivity index (χ0n) is 17.7. The van der Waals surface area contributed by atoms with E-state index in [-0.39, 0.29) is 5.57 Å². The third kappa shape index (κ3) is 3.78. The first-order valence-electron chi connectivity index (χ1n) is 9.80. The van der Waals surface area contributed by atoms with Crippen LogP contribution in [0.5, 0.6) is 5.75 Å². The number of barbiturate groups is 1. The lowest BCUT2D eigenvalue weighted by molar-refractivity contribution is -0.122. The fourth-order valence-electron chi connectivity index (χ4n) is 3.72. The van der Waals surface area contributed by atoms with E-state index in [0.717, 1.165) is 22.0 Å². The van der Waals surface area contributed by atoms with Crippen LogP contribution in [0.4, 0.5) is 10.5 Å². The summed E-state index contributed by atoms with van der Waals surface area (Å²) in [5.74, 6) is -0.962. The summed E-state index contributed by atoms with van der Waals surface area (Å²) in [6, 6.07) is 14.9. The molecule has 0 atom stereocenters. The number of benzene rings is 2. The number of aromatic nitrogens is 1. The molecule has 3 aromatic rings. The van der Waals surface area contributed by atoms with E-state index in [2.05, 4.69) is 5.32 Å². The summed E-state index contributed by atoms with van der Waals surface area (Å²) < 4.78 is 7.18. The van der Waals surface area contributed by atoms with E-state index >= 15 is 0 Å². The molecule has 7 nitrogen and oxygen atoms in total. The van der Waals surface area contributed by atoms with Crippen LogP contribution in [-0.2, 0) is 9.59 Å². The van der Waals surface area contributed by atoms with E-state index in [1.54, 1.807) is 36.4 Å². The Balaban J connectivity index is 1.75. The topological polar surface area (TPSA) is 80.6 Å². The maximum absolute atomic E-state index is 13.2. The molecule has 1 saturated heterocycles. The van der Waals surface area contributed by atoms with Crippen molar-refractivity contribution in [3.63, 3.8) is 0 Å². The quantitative estimate of drug-likeness (QED) is 0.472. The van der Waals surface area contributed by atoms with Crippen LogP contribution in [0.3, 0.4) is 0 Å². The molecule has 162 valence electrons. The molecule has 8 heteroatoms. The van der Waals surface area contributed by atoms with Gasteiger partial charge in [-0.15, -0.1) is 0 Å². The van der Waals surface area contributed by atoms with Gasteiger partial charge in [0, 0.05) is 28.2 Å². The second-order valence-corrected chi connectivity index (χ2v) is 7.73. The summed E-state index contributed by atoms with van der Waals surface area (Å²) in [7, 11) is 1.49. The third-order valence-corrected chi connectivity index (χ3v) is 5.52. The van der Waals surface area contributed by atoms with Crippen LogP contribution in [-0.4, -0.2) is 29.5 Å². The van der Waals surface area contributed by atoms with E-state index in [0.29, 0.717) is 22.0 Å². The standard InChI is InChI=1S/C24H20ClN3O4/c1-14-11-16(15(2)27(14)18-9-7-17(25)8-10-18)12-21-22(29)26-24(31)28(23(21)30)19-5-4-6-20(13-19)32-3/h4-13H,1-3H3,(H,26,29,31)/b21-12-. The summed E-state index contributed by atoms with van der Waals surface area (Å²) in [5, 5.41) is 2.87. The molecule has 1 N–H and O–H groups in total. The van der Waals surface area contributed by atoms with Crippen LogP contribution >= 0.6 is 11.6 Å². The fraction of sp³-hybridized carbons (Fsp3) is 0.125. The number of carbonyl (C=O) groups is 3. The highest BCUT2D eigenvalue weighted by molar-refractivity contribution is 6.39. The number of rotatable bonds is 4. The minimum absolute atomic E-state index is 0.135. The fourth-order valence-corrected chi connectivity index (χ4v) is 3.84. The van der Waals surface area contributed by atoms with E-state index in [4.69, 9.17) is 16.3 Å². The summed E-state index contributed by atoms with van der Waals surface area (Å²) in [5.41, 5.74) is 3.52. The first-order chi connectivity index (χ1) is 15.3. The van der Waals surface area contributed by atoms with Crippen molar-refractivity contribution in [2.75, 3.05) is 12.0 Å². The molecule has 2 aromatic carbocycles. The Morgan fingerprint density at radius 3 is 2.38 bits per heavy atom. The number of ether oxygens (including phenoxy) is 1. The van der Waals surface area contributed by atoms with Crippen molar-refractivity contribution < 1.29 is 19.1 Å². The van der Waals surface area contributed by atoms with Gasteiger partial charge in [0.25, 0.3) is 11.8 Å². The SMILES string of the molecule is COc1cccc(N2C(=O)NC(=O)/C(=C/c3cc(C)n(-c4ccc(Cl)cc4)c3C)C2=O)c1. The summed E-state index contributed by atoms with van der Waals surface area (Å²) >= 11 is 6.00. The Hall–Kier alpha value is -3.84. The first kappa shape index (κ1) is 21.4. The second-order valence-electron chi connectivity index (χ2n) is 7.30.